The summed E-state index contributed by atoms with van der Waals surface area (Å²) < 4.78 is 16.8. The van der Waals surface area contributed by atoms with Crippen LogP contribution in [0.25, 0.3) is 0 Å². The van der Waals surface area contributed by atoms with E-state index in [-0.39, 0.29) is 31.1 Å². The summed E-state index contributed by atoms with van der Waals surface area (Å²) in [5, 5.41) is 0. The molecule has 0 aliphatic rings. The van der Waals surface area contributed by atoms with Gasteiger partial charge in [-0.05, 0) is 57.8 Å². The number of rotatable bonds is 49. The van der Waals surface area contributed by atoms with E-state index in [4.69, 9.17) is 14.2 Å². The monoisotopic (exact) mass is 967 g/mol. The van der Waals surface area contributed by atoms with Crippen LogP contribution in [0.1, 0.15) is 233 Å². The van der Waals surface area contributed by atoms with Gasteiger partial charge in [0.2, 0.25) is 0 Å². The highest BCUT2D eigenvalue weighted by atomic mass is 16.6. The molecule has 394 valence electrons. The normalized spacial score (nSPS) is 13.1. The van der Waals surface area contributed by atoms with Crippen molar-refractivity contribution >= 4 is 17.9 Å². The fraction of sp³-hybridized carbons (Fsp3) is 0.609. The Morgan fingerprint density at radius 3 is 0.886 bits per heavy atom. The second-order valence-corrected chi connectivity index (χ2v) is 18.4. The second-order valence-electron chi connectivity index (χ2n) is 18.4. The van der Waals surface area contributed by atoms with E-state index in [0.29, 0.717) is 19.3 Å². The first-order valence-corrected chi connectivity index (χ1v) is 28.3. The molecule has 0 N–H and O–H groups in total. The third-order valence-electron chi connectivity index (χ3n) is 11.7. The molecule has 0 heterocycles. The van der Waals surface area contributed by atoms with Gasteiger partial charge < -0.3 is 14.2 Å². The smallest absolute Gasteiger partial charge is 0.306 e. The van der Waals surface area contributed by atoms with Crippen molar-refractivity contribution in [2.75, 3.05) is 13.2 Å². The first-order chi connectivity index (χ1) is 34.5. The lowest BCUT2D eigenvalue weighted by Crippen LogP contribution is -2.30. The van der Waals surface area contributed by atoms with Crippen molar-refractivity contribution in [3.05, 3.63) is 134 Å². The maximum Gasteiger partial charge on any atom is 0.306 e. The van der Waals surface area contributed by atoms with Gasteiger partial charge in [-0.2, -0.15) is 0 Å². The largest absolute Gasteiger partial charge is 0.462 e. The number of carbonyl (C=O) groups excluding carboxylic acids is 3. The molecular weight excluding hydrogens is 865 g/mol. The maximum absolute atomic E-state index is 12.9. The molecule has 0 aliphatic carbocycles. The molecule has 0 radical (unpaired) electrons. The third kappa shape index (κ3) is 54.5. The van der Waals surface area contributed by atoms with Gasteiger partial charge in [-0.25, -0.2) is 0 Å². The van der Waals surface area contributed by atoms with Crippen molar-refractivity contribution in [3.8, 4) is 0 Å². The van der Waals surface area contributed by atoms with Gasteiger partial charge in [-0.15, -0.1) is 0 Å². The van der Waals surface area contributed by atoms with E-state index < -0.39 is 6.10 Å². The van der Waals surface area contributed by atoms with Crippen LogP contribution in [0.2, 0.25) is 0 Å². The van der Waals surface area contributed by atoms with E-state index in [0.717, 1.165) is 96.3 Å². The molecular formula is C64H102O6. The van der Waals surface area contributed by atoms with Crippen molar-refractivity contribution in [2.24, 2.45) is 0 Å². The minimum Gasteiger partial charge on any atom is -0.462 e. The predicted octanol–water partition coefficient (Wildman–Crippen LogP) is 19.0. The van der Waals surface area contributed by atoms with Crippen LogP contribution >= 0.6 is 0 Å². The number of carbonyl (C=O) groups is 3. The molecule has 0 fully saturated rings. The van der Waals surface area contributed by atoms with Crippen LogP contribution in [0, 0.1) is 0 Å². The maximum atomic E-state index is 12.9. The van der Waals surface area contributed by atoms with Crippen LogP contribution in [-0.2, 0) is 28.6 Å². The predicted molar refractivity (Wildman–Crippen MR) is 302 cm³/mol. The average molecular weight is 968 g/mol. The average Bonchev–Trinajstić information content (AvgIpc) is 3.36. The van der Waals surface area contributed by atoms with Gasteiger partial charge in [0.15, 0.2) is 6.10 Å². The fourth-order valence-corrected chi connectivity index (χ4v) is 7.50. The minimum absolute atomic E-state index is 0.108. The topological polar surface area (TPSA) is 78.9 Å². The molecule has 0 bridgehead atoms. The second kappa shape index (κ2) is 57.1. The molecule has 70 heavy (non-hydrogen) atoms. The van der Waals surface area contributed by atoms with Crippen LogP contribution in [0.15, 0.2) is 134 Å². The van der Waals surface area contributed by atoms with Gasteiger partial charge in [-0.3, -0.25) is 14.4 Å². The molecule has 0 aromatic heterocycles. The SMILES string of the molecule is CC\C=C/C=C\C=C/C=C\C=C\C=C/C=C\CCCCCC(=O)OCC(COC(=O)CCCCCCC\C=C/C=C\C=C/C=C\CC)OC(=O)CCCCCCCCCCCCCCCCCCCC. The van der Waals surface area contributed by atoms with Gasteiger partial charge in [0.25, 0.3) is 0 Å². The van der Waals surface area contributed by atoms with E-state index in [2.05, 4.69) is 63.3 Å². The summed E-state index contributed by atoms with van der Waals surface area (Å²) in [6, 6.07) is 0. The number of hydrogen-bond acceptors (Lipinski definition) is 6. The Hall–Kier alpha value is -4.45. The zero-order valence-corrected chi connectivity index (χ0v) is 45.0. The highest BCUT2D eigenvalue weighted by molar-refractivity contribution is 5.71. The van der Waals surface area contributed by atoms with E-state index >= 15 is 0 Å². The molecule has 1 atom stereocenters. The lowest BCUT2D eigenvalue weighted by molar-refractivity contribution is -0.167. The lowest BCUT2D eigenvalue weighted by atomic mass is 10.0. The molecule has 0 saturated carbocycles. The number of hydrogen-bond donors (Lipinski definition) is 0. The molecule has 6 nitrogen and oxygen atoms in total. The standard InChI is InChI=1S/C64H102O6/c1-4-7-10-13-16-19-22-25-28-30-32-34-36-39-42-45-48-51-54-57-63(66)69-60-61(59-68-62(65)56-53-50-47-44-41-38-35-27-24-21-18-15-12-9-6-3)70-64(67)58-55-52-49-46-43-40-37-33-31-29-26-23-20-17-14-11-8-5-2/h7,9-10,12-13,15-16,18-19,21-22,24-25,27-28,30,32,34-36,39,42,61H,4-6,8,11,14,17,20,23,26,29,31,33,37-38,40-41,43-60H2,1-3H3/b10-7-,12-9-,16-13-,18-15-,22-19-,24-21-,28-25-,32-30+,35-27-,36-34-,42-39-. The van der Waals surface area contributed by atoms with Crippen LogP contribution in [0.5, 0.6) is 0 Å². The Morgan fingerprint density at radius 1 is 0.300 bits per heavy atom. The van der Waals surface area contributed by atoms with Crippen molar-refractivity contribution < 1.29 is 28.6 Å². The lowest BCUT2D eigenvalue weighted by Gasteiger charge is -2.18. The van der Waals surface area contributed by atoms with Crippen molar-refractivity contribution in [1.29, 1.82) is 0 Å². The zero-order valence-electron chi connectivity index (χ0n) is 45.0. The molecule has 0 aromatic carbocycles. The summed E-state index contributed by atoms with van der Waals surface area (Å²) in [4.78, 5) is 38.2. The highest BCUT2D eigenvalue weighted by Gasteiger charge is 2.19. The first kappa shape index (κ1) is 65.5. The Kier molecular flexibility index (Phi) is 53.5. The van der Waals surface area contributed by atoms with Crippen molar-refractivity contribution in [1.82, 2.24) is 0 Å². The summed E-state index contributed by atoms with van der Waals surface area (Å²) in [6.07, 6.45) is 80.0. The third-order valence-corrected chi connectivity index (χ3v) is 11.7. The summed E-state index contributed by atoms with van der Waals surface area (Å²) in [7, 11) is 0. The molecule has 0 aliphatic heterocycles. The van der Waals surface area contributed by atoms with Gasteiger partial charge in [0, 0.05) is 19.3 Å². The molecule has 0 amide bonds. The van der Waals surface area contributed by atoms with Crippen LogP contribution in [0.4, 0.5) is 0 Å². The zero-order chi connectivity index (χ0) is 50.7. The van der Waals surface area contributed by atoms with Crippen LogP contribution < -0.4 is 0 Å². The van der Waals surface area contributed by atoms with E-state index in [9.17, 15) is 14.4 Å². The Balaban J connectivity index is 4.53. The number of unbranched alkanes of at least 4 members (excludes halogenated alkanes) is 25. The van der Waals surface area contributed by atoms with Crippen molar-refractivity contribution in [2.45, 2.75) is 239 Å². The van der Waals surface area contributed by atoms with Crippen LogP contribution in [0.3, 0.4) is 0 Å². The number of allylic oxidation sites excluding steroid dienone is 22. The minimum atomic E-state index is -0.811. The van der Waals surface area contributed by atoms with E-state index in [1.807, 2.05) is 91.1 Å². The molecule has 1 unspecified atom stereocenters. The Morgan fingerprint density at radius 2 is 0.557 bits per heavy atom. The number of esters is 3. The fourth-order valence-electron chi connectivity index (χ4n) is 7.50. The molecule has 0 saturated heterocycles. The quantitative estimate of drug-likeness (QED) is 0.0262. The van der Waals surface area contributed by atoms with Crippen LogP contribution in [-0.4, -0.2) is 37.2 Å². The molecule has 6 heteroatoms. The molecule has 0 rings (SSSR count). The van der Waals surface area contributed by atoms with Gasteiger partial charge >= 0.3 is 17.9 Å². The van der Waals surface area contributed by atoms with E-state index in [1.54, 1.807) is 0 Å². The van der Waals surface area contributed by atoms with E-state index in [1.165, 1.54) is 96.3 Å². The summed E-state index contributed by atoms with van der Waals surface area (Å²) in [6.45, 7) is 6.30. The highest BCUT2D eigenvalue weighted by Crippen LogP contribution is 2.16. The van der Waals surface area contributed by atoms with Gasteiger partial charge in [0.05, 0.1) is 0 Å². The Labute approximate surface area is 430 Å². The molecule has 0 aromatic rings. The van der Waals surface area contributed by atoms with Crippen molar-refractivity contribution in [3.63, 3.8) is 0 Å². The summed E-state index contributed by atoms with van der Waals surface area (Å²) in [5.74, 6) is -0.976. The summed E-state index contributed by atoms with van der Waals surface area (Å²) in [5.41, 5.74) is 0. The van der Waals surface area contributed by atoms with Gasteiger partial charge in [0.1, 0.15) is 13.2 Å². The number of ether oxygens (including phenoxy) is 3. The summed E-state index contributed by atoms with van der Waals surface area (Å²) >= 11 is 0. The molecule has 0 spiro atoms. The first-order valence-electron chi connectivity index (χ1n) is 28.3. The Bertz CT molecular complexity index is 1530. The van der Waals surface area contributed by atoms with Gasteiger partial charge in [-0.1, -0.05) is 289 Å².